The molecule has 0 bridgehead atoms. The van der Waals surface area contributed by atoms with Gasteiger partial charge in [0.1, 0.15) is 23.2 Å². The van der Waals surface area contributed by atoms with Crippen molar-refractivity contribution in [2.24, 2.45) is 0 Å². The minimum atomic E-state index is -0.763. The van der Waals surface area contributed by atoms with Gasteiger partial charge < -0.3 is 10.1 Å². The summed E-state index contributed by atoms with van der Waals surface area (Å²) in [4.78, 5) is 30.4. The van der Waals surface area contributed by atoms with E-state index in [1.807, 2.05) is 0 Å². The molecule has 9 heteroatoms. The first-order chi connectivity index (χ1) is 14.9. The zero-order chi connectivity index (χ0) is 22.4. The molecule has 31 heavy (non-hydrogen) atoms. The Bertz CT molecular complexity index is 1180. The number of rotatable bonds is 6. The summed E-state index contributed by atoms with van der Waals surface area (Å²) in [5, 5.41) is 13.7. The Morgan fingerprint density at radius 1 is 1.23 bits per heavy atom. The first-order valence-corrected chi connectivity index (χ1v) is 9.89. The summed E-state index contributed by atoms with van der Waals surface area (Å²) in [5.41, 5.74) is 0.629. The molecule has 1 N–H and O–H groups in total. The third-order valence-electron chi connectivity index (χ3n) is 4.13. The lowest BCUT2D eigenvalue weighted by molar-refractivity contribution is -0.116. The minimum absolute atomic E-state index is 0.0325. The van der Waals surface area contributed by atoms with Gasteiger partial charge in [0, 0.05) is 12.3 Å². The highest BCUT2D eigenvalue weighted by Crippen LogP contribution is 2.30. The number of ether oxygens (including phenoxy) is 1. The first-order valence-electron chi connectivity index (χ1n) is 9.01. The third-order valence-corrected chi connectivity index (χ3v) is 4.97. The molecule has 0 fully saturated rings. The van der Waals surface area contributed by atoms with Gasteiger partial charge in [0.15, 0.2) is 5.13 Å². The van der Waals surface area contributed by atoms with Gasteiger partial charge in [-0.05, 0) is 42.5 Å². The van der Waals surface area contributed by atoms with Crippen LogP contribution in [0.25, 0.3) is 6.08 Å². The fourth-order valence-electron chi connectivity index (χ4n) is 2.65. The molecule has 0 atom stereocenters. The van der Waals surface area contributed by atoms with E-state index in [9.17, 15) is 19.2 Å². The Hall–Kier alpha value is -4.03. The predicted molar refractivity (Wildman–Crippen MR) is 117 cm³/mol. The van der Waals surface area contributed by atoms with Gasteiger partial charge in [0.25, 0.3) is 5.91 Å². The average Bonchev–Trinajstić information content (AvgIpc) is 3.22. The van der Waals surface area contributed by atoms with Crippen LogP contribution in [0.5, 0.6) is 5.75 Å². The summed E-state index contributed by atoms with van der Waals surface area (Å²) in [6.45, 7) is 1.41. The molecule has 7 nitrogen and oxygen atoms in total. The van der Waals surface area contributed by atoms with E-state index in [1.165, 1.54) is 47.4 Å². The predicted octanol–water partition coefficient (Wildman–Crippen LogP) is 4.52. The SMILES string of the molecule is COc1ccc(N(C(C)=O)c2nc(/C=C(\C#N)C(=O)Nc3ccccc3F)cs2)cc1. The van der Waals surface area contributed by atoms with Crippen LogP contribution < -0.4 is 15.0 Å². The van der Waals surface area contributed by atoms with Crippen LogP contribution in [0.3, 0.4) is 0 Å². The maximum absolute atomic E-state index is 13.7. The molecule has 0 aliphatic heterocycles. The van der Waals surface area contributed by atoms with Crippen molar-refractivity contribution in [3.05, 3.63) is 71.0 Å². The second-order valence-electron chi connectivity index (χ2n) is 6.21. The van der Waals surface area contributed by atoms with E-state index in [4.69, 9.17) is 4.74 Å². The van der Waals surface area contributed by atoms with Crippen LogP contribution in [-0.4, -0.2) is 23.9 Å². The maximum Gasteiger partial charge on any atom is 0.266 e. The van der Waals surface area contributed by atoms with Gasteiger partial charge in [-0.1, -0.05) is 12.1 Å². The Morgan fingerprint density at radius 2 is 1.94 bits per heavy atom. The van der Waals surface area contributed by atoms with Crippen LogP contribution in [-0.2, 0) is 9.59 Å². The number of hydrogen-bond acceptors (Lipinski definition) is 6. The molecule has 0 aliphatic carbocycles. The number of methoxy groups -OCH3 is 1. The molecule has 3 rings (SSSR count). The van der Waals surface area contributed by atoms with Gasteiger partial charge in [0.2, 0.25) is 5.91 Å². The molecule has 0 aliphatic rings. The number of amides is 2. The van der Waals surface area contributed by atoms with Crippen LogP contribution in [0.2, 0.25) is 0 Å². The number of hydrogen-bond donors (Lipinski definition) is 1. The molecule has 1 aromatic heterocycles. The first kappa shape index (κ1) is 21.7. The summed E-state index contributed by atoms with van der Waals surface area (Å²) >= 11 is 1.18. The topological polar surface area (TPSA) is 95.3 Å². The molecule has 2 aromatic carbocycles. The smallest absolute Gasteiger partial charge is 0.266 e. The Morgan fingerprint density at radius 3 is 2.55 bits per heavy atom. The zero-order valence-electron chi connectivity index (χ0n) is 16.6. The molecule has 2 amide bonds. The molecule has 0 radical (unpaired) electrons. The van der Waals surface area contributed by atoms with Gasteiger partial charge >= 0.3 is 0 Å². The molecular formula is C22H17FN4O3S. The van der Waals surface area contributed by atoms with Crippen LogP contribution >= 0.6 is 11.3 Å². The third kappa shape index (κ3) is 5.12. The summed E-state index contributed by atoms with van der Waals surface area (Å²) in [5.74, 6) is -0.983. The number of anilines is 3. The van der Waals surface area contributed by atoms with Crippen molar-refractivity contribution in [3.63, 3.8) is 0 Å². The monoisotopic (exact) mass is 436 g/mol. The number of halogens is 1. The average molecular weight is 436 g/mol. The summed E-state index contributed by atoms with van der Waals surface area (Å²) in [7, 11) is 1.55. The van der Waals surface area contributed by atoms with Crippen molar-refractivity contribution in [3.8, 4) is 11.8 Å². The quantitative estimate of drug-likeness (QED) is 0.453. The van der Waals surface area contributed by atoms with Crippen molar-refractivity contribution in [1.82, 2.24) is 4.98 Å². The highest BCUT2D eigenvalue weighted by Gasteiger charge is 2.19. The highest BCUT2D eigenvalue weighted by molar-refractivity contribution is 7.14. The number of thiazole rings is 1. The largest absolute Gasteiger partial charge is 0.497 e. The van der Waals surface area contributed by atoms with E-state index in [-0.39, 0.29) is 17.2 Å². The number of benzene rings is 2. The Balaban J connectivity index is 1.85. The Labute approximate surface area is 182 Å². The van der Waals surface area contributed by atoms with Crippen molar-refractivity contribution < 1.29 is 18.7 Å². The molecule has 0 saturated carbocycles. The number of aromatic nitrogens is 1. The molecule has 0 saturated heterocycles. The lowest BCUT2D eigenvalue weighted by Gasteiger charge is -2.18. The number of nitriles is 1. The molecule has 0 spiro atoms. The maximum atomic E-state index is 13.7. The van der Waals surface area contributed by atoms with Crippen molar-refractivity contribution in [2.45, 2.75) is 6.92 Å². The molecule has 156 valence electrons. The normalized spacial score (nSPS) is 10.8. The lowest BCUT2D eigenvalue weighted by atomic mass is 10.2. The number of nitrogens with one attached hydrogen (secondary N) is 1. The fraction of sp³-hybridized carbons (Fsp3) is 0.0909. The van der Waals surface area contributed by atoms with E-state index in [0.29, 0.717) is 22.3 Å². The zero-order valence-corrected chi connectivity index (χ0v) is 17.4. The second kappa shape index (κ2) is 9.65. The van der Waals surface area contributed by atoms with Crippen molar-refractivity contribution >= 4 is 45.7 Å². The van der Waals surface area contributed by atoms with E-state index >= 15 is 0 Å². The van der Waals surface area contributed by atoms with E-state index in [0.717, 1.165) is 0 Å². The second-order valence-corrected chi connectivity index (χ2v) is 7.05. The molecule has 0 unspecified atom stereocenters. The molecule has 3 aromatic rings. The van der Waals surface area contributed by atoms with Gasteiger partial charge in [0.05, 0.1) is 24.2 Å². The lowest BCUT2D eigenvalue weighted by Crippen LogP contribution is -2.22. The van der Waals surface area contributed by atoms with Gasteiger partial charge in [-0.2, -0.15) is 5.26 Å². The van der Waals surface area contributed by atoms with Gasteiger partial charge in [-0.3, -0.25) is 14.5 Å². The van der Waals surface area contributed by atoms with Crippen LogP contribution in [0, 0.1) is 17.1 Å². The number of para-hydroxylation sites is 1. The van der Waals surface area contributed by atoms with Crippen molar-refractivity contribution in [2.75, 3.05) is 17.3 Å². The number of nitrogens with zero attached hydrogens (tertiary/aromatic N) is 3. The number of carbonyl (C=O) groups excluding carboxylic acids is 2. The van der Waals surface area contributed by atoms with Gasteiger partial charge in [-0.25, -0.2) is 9.37 Å². The highest BCUT2D eigenvalue weighted by atomic mass is 32.1. The minimum Gasteiger partial charge on any atom is -0.497 e. The Kier molecular flexibility index (Phi) is 6.74. The van der Waals surface area contributed by atoms with Crippen molar-refractivity contribution in [1.29, 1.82) is 5.26 Å². The summed E-state index contributed by atoms with van der Waals surface area (Å²) in [6.07, 6.45) is 1.28. The van der Waals surface area contributed by atoms with Crippen LogP contribution in [0.1, 0.15) is 12.6 Å². The number of carbonyl (C=O) groups is 2. The van der Waals surface area contributed by atoms with E-state index < -0.39 is 11.7 Å². The fourth-order valence-corrected chi connectivity index (χ4v) is 3.50. The molecule has 1 heterocycles. The molecular weight excluding hydrogens is 419 g/mol. The van der Waals surface area contributed by atoms with Crippen LogP contribution in [0.4, 0.5) is 20.9 Å². The standard InChI is InChI=1S/C22H17FN4O3S/c1-14(28)27(17-7-9-18(30-2)10-8-17)22-25-16(13-31-22)11-15(12-24)21(29)26-20-6-4-3-5-19(20)23/h3-11,13H,1-2H3,(H,26,29)/b15-11+. The summed E-state index contributed by atoms with van der Waals surface area (Å²) in [6, 6.07) is 14.3. The van der Waals surface area contributed by atoms with E-state index in [1.54, 1.807) is 48.9 Å². The summed E-state index contributed by atoms with van der Waals surface area (Å²) < 4.78 is 18.9. The van der Waals surface area contributed by atoms with E-state index in [2.05, 4.69) is 10.3 Å². The van der Waals surface area contributed by atoms with Crippen LogP contribution in [0.15, 0.2) is 59.5 Å². The van der Waals surface area contributed by atoms with Gasteiger partial charge in [-0.15, -0.1) is 11.3 Å².